The molecule has 0 radical (unpaired) electrons. The van der Waals surface area contributed by atoms with E-state index in [4.69, 9.17) is 19.9 Å². The first-order valence-electron chi connectivity index (χ1n) is 26.3. The lowest BCUT2D eigenvalue weighted by molar-refractivity contribution is -0.384. The van der Waals surface area contributed by atoms with Gasteiger partial charge in [-0.15, -0.1) is 0 Å². The fourth-order valence-electron chi connectivity index (χ4n) is 11.5. The second-order valence-electron chi connectivity index (χ2n) is 21.4. The standard InChI is InChI=1S/C35H29N3O7.C29H27N3O4/c1-35(2)21-27-29(28(26-15-9-10-20-36-26)33(40)44-25-18-16-24(17-19-25)38(42)43)32(39)37(27)31(35)34(41)45-30(22-11-5-3-6-12-22)23-13-7-4-8-14-23;1-29(2)17-21-23(22(26(30)33)20-15-9-10-16-31-20)27(34)32(21)25(29)28(35)36-24(18-11-5-3-6-12-18)19-13-7-4-8-14-19/h3-20,27,30-31H,21H2,1-2H3;3-16,21,24-25H,17H2,1-2H3,(H2,30,33)/b29-28-;23-22-/t27?,31-;21?,25-/m00/s1. The number of β-lactam (4-membered cyclic amide) rings is 2. The molecule has 0 saturated carbocycles. The largest absolute Gasteiger partial charge is 0.451 e. The normalized spacial score (nSPS) is 20.3. The van der Waals surface area contributed by atoms with Gasteiger partial charge in [0.15, 0.2) is 12.2 Å². The van der Waals surface area contributed by atoms with Gasteiger partial charge in [0.2, 0.25) is 0 Å². The molecule has 17 nitrogen and oxygen atoms in total. The van der Waals surface area contributed by atoms with E-state index in [1.807, 2.05) is 149 Å². The molecule has 0 aliphatic carbocycles. The second kappa shape index (κ2) is 22.5. The summed E-state index contributed by atoms with van der Waals surface area (Å²) >= 11 is 0. The number of hydrogen-bond donors (Lipinski definition) is 1. The highest BCUT2D eigenvalue weighted by Crippen LogP contribution is 2.53. The third kappa shape index (κ3) is 10.7. The van der Waals surface area contributed by atoms with Crippen molar-refractivity contribution in [2.45, 2.75) is 76.9 Å². The van der Waals surface area contributed by atoms with Crippen LogP contribution in [0.1, 0.15) is 86.4 Å². The Morgan fingerprint density at radius 2 is 0.901 bits per heavy atom. The van der Waals surface area contributed by atoms with Crippen LogP contribution in [-0.2, 0) is 38.2 Å². The molecule has 2 unspecified atom stereocenters. The average Bonchev–Trinajstić information content (AvgIpc) is 3.66. The van der Waals surface area contributed by atoms with Gasteiger partial charge in [0, 0.05) is 24.5 Å². The molecule has 4 aliphatic heterocycles. The fourth-order valence-corrected chi connectivity index (χ4v) is 11.5. The van der Waals surface area contributed by atoms with E-state index in [0.29, 0.717) is 24.1 Å². The fraction of sp³-hybridized carbons (Fsp3) is 0.219. The number of aromatic nitrogens is 2. The number of hydrogen-bond acceptors (Lipinski definition) is 13. The third-order valence-corrected chi connectivity index (χ3v) is 15.2. The number of amides is 3. The van der Waals surface area contributed by atoms with Crippen LogP contribution in [0.3, 0.4) is 0 Å². The van der Waals surface area contributed by atoms with Crippen LogP contribution in [0.4, 0.5) is 5.69 Å². The van der Waals surface area contributed by atoms with E-state index in [9.17, 15) is 38.9 Å². The van der Waals surface area contributed by atoms with Gasteiger partial charge in [0.05, 0.1) is 50.7 Å². The Labute approximate surface area is 466 Å². The summed E-state index contributed by atoms with van der Waals surface area (Å²) in [5.74, 6) is -3.36. The van der Waals surface area contributed by atoms with E-state index in [1.165, 1.54) is 40.3 Å². The van der Waals surface area contributed by atoms with Crippen LogP contribution < -0.4 is 10.5 Å². The van der Waals surface area contributed by atoms with Crippen LogP contribution in [0.2, 0.25) is 0 Å². The molecule has 81 heavy (non-hydrogen) atoms. The number of ether oxygens (including phenoxy) is 3. The Morgan fingerprint density at radius 1 is 0.543 bits per heavy atom. The zero-order chi connectivity index (χ0) is 57.2. The lowest BCUT2D eigenvalue weighted by Gasteiger charge is -2.42. The molecule has 0 bridgehead atoms. The first-order valence-corrected chi connectivity index (χ1v) is 26.3. The number of carbonyl (C=O) groups excluding carboxylic acids is 6. The Balaban J connectivity index is 0.000000186. The predicted molar refractivity (Wildman–Crippen MR) is 298 cm³/mol. The number of nitrogens with two attached hydrogens (primary N) is 1. The maximum atomic E-state index is 14.0. The zero-order valence-corrected chi connectivity index (χ0v) is 44.7. The number of primary amides is 1. The van der Waals surface area contributed by atoms with Crippen LogP contribution in [-0.4, -0.2) is 84.5 Å². The summed E-state index contributed by atoms with van der Waals surface area (Å²) in [5.41, 5.74) is 8.73. The summed E-state index contributed by atoms with van der Waals surface area (Å²) in [6, 6.07) is 50.3. The van der Waals surface area contributed by atoms with Gasteiger partial charge >= 0.3 is 17.9 Å². The average molecular weight is 1090 g/mol. The number of nitrogens with zero attached hydrogens (tertiary/aromatic N) is 5. The first kappa shape index (κ1) is 54.5. The van der Waals surface area contributed by atoms with E-state index < -0.39 is 81.9 Å². The smallest absolute Gasteiger partial charge is 0.346 e. The lowest BCUT2D eigenvalue weighted by Crippen LogP contribution is -2.59. The number of nitro groups is 1. The SMILES string of the molecule is CC1(C)CC2/C(=C(/C(=O)Oc3ccc([N+](=O)[O-])cc3)c3ccccn3)C(=O)N2[C@H]1C(=O)OC(c1ccccc1)c1ccccc1.CC1(C)CC2/C(=C(/C(N)=O)c3ccccn3)C(=O)N2[C@H]1C(=O)OC(c1ccccc1)c1ccccc1. The minimum atomic E-state index is -0.899. The summed E-state index contributed by atoms with van der Waals surface area (Å²) in [6.07, 6.45) is 2.65. The summed E-state index contributed by atoms with van der Waals surface area (Å²) < 4.78 is 17.9. The van der Waals surface area contributed by atoms with Crippen molar-refractivity contribution in [3.63, 3.8) is 0 Å². The Morgan fingerprint density at radius 3 is 1.25 bits per heavy atom. The number of rotatable bonds is 14. The molecular formula is C64H56N6O11. The van der Waals surface area contributed by atoms with E-state index in [2.05, 4.69) is 9.97 Å². The van der Waals surface area contributed by atoms with Crippen LogP contribution in [0.15, 0.2) is 206 Å². The highest BCUT2D eigenvalue weighted by molar-refractivity contribution is 6.28. The molecule has 17 heteroatoms. The Hall–Kier alpha value is -9.90. The lowest BCUT2D eigenvalue weighted by atomic mass is 9.82. The molecule has 408 valence electrons. The highest BCUT2D eigenvalue weighted by Gasteiger charge is 2.64. The molecule has 6 heterocycles. The van der Waals surface area contributed by atoms with Crippen molar-refractivity contribution in [3.8, 4) is 5.75 Å². The van der Waals surface area contributed by atoms with Crippen molar-refractivity contribution in [3.05, 3.63) is 249 Å². The number of carbonyl (C=O) groups is 6. The topological polar surface area (TPSA) is 232 Å². The van der Waals surface area contributed by atoms with Crippen LogP contribution in [0.25, 0.3) is 11.1 Å². The summed E-state index contributed by atoms with van der Waals surface area (Å²) in [7, 11) is 0. The maximum absolute atomic E-state index is 14.0. The molecule has 3 amide bonds. The molecule has 4 saturated heterocycles. The number of pyridine rings is 2. The molecule has 2 N–H and O–H groups in total. The number of benzene rings is 5. The van der Waals surface area contributed by atoms with Crippen LogP contribution in [0.5, 0.6) is 5.75 Å². The van der Waals surface area contributed by atoms with Gasteiger partial charge < -0.3 is 29.7 Å². The minimum Gasteiger partial charge on any atom is -0.451 e. The molecule has 11 rings (SSSR count). The molecule has 4 aliphatic rings. The number of non-ortho nitro benzene ring substituents is 1. The minimum absolute atomic E-state index is 0.0172. The summed E-state index contributed by atoms with van der Waals surface area (Å²) in [4.78, 5) is 103. The molecule has 2 aromatic heterocycles. The predicted octanol–water partition coefficient (Wildman–Crippen LogP) is 9.35. The van der Waals surface area contributed by atoms with Crippen molar-refractivity contribution in [1.29, 1.82) is 0 Å². The van der Waals surface area contributed by atoms with Gasteiger partial charge in [-0.25, -0.2) is 14.4 Å². The van der Waals surface area contributed by atoms with Gasteiger partial charge in [-0.1, -0.05) is 161 Å². The van der Waals surface area contributed by atoms with E-state index in [1.54, 1.807) is 42.6 Å². The molecule has 4 fully saturated rings. The molecule has 4 atom stereocenters. The van der Waals surface area contributed by atoms with Gasteiger partial charge in [0.1, 0.15) is 17.8 Å². The summed E-state index contributed by atoms with van der Waals surface area (Å²) in [5, 5.41) is 11.0. The number of esters is 3. The van der Waals surface area contributed by atoms with Crippen molar-refractivity contribution in [1.82, 2.24) is 19.8 Å². The van der Waals surface area contributed by atoms with Crippen LogP contribution in [0, 0.1) is 20.9 Å². The quantitative estimate of drug-likeness (QED) is 0.0267. The third-order valence-electron chi connectivity index (χ3n) is 15.2. The second-order valence-corrected chi connectivity index (χ2v) is 21.4. The van der Waals surface area contributed by atoms with E-state index in [0.717, 1.165) is 22.3 Å². The van der Waals surface area contributed by atoms with Gasteiger partial charge in [-0.05, 0) is 82.3 Å². The van der Waals surface area contributed by atoms with Gasteiger partial charge in [-0.2, -0.15) is 0 Å². The molecule has 5 aromatic carbocycles. The van der Waals surface area contributed by atoms with Crippen LogP contribution >= 0.6 is 0 Å². The van der Waals surface area contributed by atoms with E-state index in [-0.39, 0.29) is 39.8 Å². The molecular weight excluding hydrogens is 1030 g/mol. The van der Waals surface area contributed by atoms with Crippen molar-refractivity contribution in [2.75, 3.05) is 0 Å². The number of nitro benzene ring substituents is 1. The van der Waals surface area contributed by atoms with Gasteiger partial charge in [0.25, 0.3) is 23.4 Å². The van der Waals surface area contributed by atoms with Crippen molar-refractivity contribution >= 4 is 52.5 Å². The van der Waals surface area contributed by atoms with Crippen molar-refractivity contribution < 1.29 is 47.9 Å². The molecule has 7 aromatic rings. The van der Waals surface area contributed by atoms with E-state index >= 15 is 0 Å². The maximum Gasteiger partial charge on any atom is 0.346 e. The van der Waals surface area contributed by atoms with Crippen molar-refractivity contribution in [2.24, 2.45) is 16.6 Å². The number of fused-ring (bicyclic) bond motifs is 2. The highest BCUT2D eigenvalue weighted by atomic mass is 16.6. The Kier molecular flexibility index (Phi) is 15.1. The molecule has 0 spiro atoms. The first-order chi connectivity index (χ1) is 38.9. The van der Waals surface area contributed by atoms with Gasteiger partial charge in [-0.3, -0.25) is 34.5 Å². The Bertz CT molecular complexity index is 3520. The zero-order valence-electron chi connectivity index (χ0n) is 44.7. The summed E-state index contributed by atoms with van der Waals surface area (Å²) in [6.45, 7) is 7.68. The monoisotopic (exact) mass is 1080 g/mol.